The molecular weight excluding hydrogens is 552 g/mol. The highest BCUT2D eigenvalue weighted by Gasteiger charge is 2.19. The van der Waals surface area contributed by atoms with Gasteiger partial charge in [-0.1, -0.05) is 26.8 Å². The quantitative estimate of drug-likeness (QED) is 0.0962. The first-order valence-electron chi connectivity index (χ1n) is 13.9. The Balaban J connectivity index is 1.38. The molecule has 2 aromatic carbocycles. The van der Waals surface area contributed by atoms with E-state index in [4.69, 9.17) is 18.9 Å². The average molecular weight is 587 g/mol. The van der Waals surface area contributed by atoms with Gasteiger partial charge in [0, 0.05) is 57.9 Å². The van der Waals surface area contributed by atoms with Crippen LogP contribution >= 0.6 is 11.3 Å². The second-order valence-corrected chi connectivity index (χ2v) is 11.9. The van der Waals surface area contributed by atoms with E-state index in [1.807, 2.05) is 42.6 Å². The number of benzene rings is 2. The zero-order valence-corrected chi connectivity index (χ0v) is 25.0. The predicted octanol–water partition coefficient (Wildman–Crippen LogP) is 7.68. The molecular formula is C33H34N2O6S. The lowest BCUT2D eigenvalue weighted by molar-refractivity contribution is -0.143. The van der Waals surface area contributed by atoms with Crippen molar-refractivity contribution in [2.75, 3.05) is 13.2 Å². The van der Waals surface area contributed by atoms with Crippen LogP contribution in [-0.2, 0) is 26.3 Å². The molecule has 5 rings (SSSR count). The summed E-state index contributed by atoms with van der Waals surface area (Å²) in [6.07, 6.45) is 5.51. The molecule has 0 saturated carbocycles. The summed E-state index contributed by atoms with van der Waals surface area (Å²) in [6, 6.07) is 13.9. The molecule has 0 aliphatic carbocycles. The molecule has 0 bridgehead atoms. The Hall–Kier alpha value is -4.37. The van der Waals surface area contributed by atoms with E-state index in [2.05, 4.69) is 36.8 Å². The summed E-state index contributed by atoms with van der Waals surface area (Å²) in [5, 5.41) is 14.0. The Labute approximate surface area is 248 Å². The van der Waals surface area contributed by atoms with E-state index in [1.54, 1.807) is 24.3 Å². The van der Waals surface area contributed by atoms with Crippen LogP contribution in [0.1, 0.15) is 57.4 Å². The zero-order chi connectivity index (χ0) is 29.9. The Morgan fingerprint density at radius 3 is 2.71 bits per heavy atom. The molecule has 3 aromatic heterocycles. The van der Waals surface area contributed by atoms with Crippen LogP contribution in [0.15, 0.2) is 64.5 Å². The highest BCUT2D eigenvalue weighted by Crippen LogP contribution is 2.34. The molecule has 1 N–H and O–H groups in total. The summed E-state index contributed by atoms with van der Waals surface area (Å²) in [5.41, 5.74) is 4.62. The van der Waals surface area contributed by atoms with Gasteiger partial charge in [-0.2, -0.15) is 0 Å². The summed E-state index contributed by atoms with van der Waals surface area (Å²) in [5.74, 6) is 0.152. The summed E-state index contributed by atoms with van der Waals surface area (Å²) in [7, 11) is 0. The van der Waals surface area contributed by atoms with Crippen molar-refractivity contribution in [3.8, 4) is 16.5 Å². The Bertz CT molecular complexity index is 1770. The number of carboxylic acid groups (broad SMARTS) is 1. The predicted molar refractivity (Wildman–Crippen MR) is 165 cm³/mol. The van der Waals surface area contributed by atoms with Crippen molar-refractivity contribution in [3.05, 3.63) is 76.9 Å². The fourth-order valence-electron chi connectivity index (χ4n) is 4.68. The number of esters is 1. The first-order valence-corrected chi connectivity index (χ1v) is 14.8. The number of ether oxygens (including phenoxy) is 2. The van der Waals surface area contributed by atoms with Crippen LogP contribution in [0.3, 0.4) is 0 Å². The number of thiazole rings is 1. The largest absolute Gasteiger partial charge is 0.494 e. The molecule has 5 aromatic rings. The third-order valence-corrected chi connectivity index (χ3v) is 7.66. The number of carbonyl (C=O) groups excluding carboxylic acids is 1. The number of rotatable bonds is 11. The number of fused-ring (bicyclic) bond motifs is 2. The monoisotopic (exact) mass is 586 g/mol. The van der Waals surface area contributed by atoms with E-state index in [0.717, 1.165) is 55.5 Å². The molecule has 0 unspecified atom stereocenters. The van der Waals surface area contributed by atoms with Crippen LogP contribution in [0.2, 0.25) is 0 Å². The summed E-state index contributed by atoms with van der Waals surface area (Å²) >= 11 is 1.58. The zero-order valence-electron chi connectivity index (χ0n) is 24.2. The number of aliphatic carboxylic acids is 1. The van der Waals surface area contributed by atoms with E-state index < -0.39 is 5.97 Å². The van der Waals surface area contributed by atoms with Crippen LogP contribution in [0.4, 0.5) is 0 Å². The van der Waals surface area contributed by atoms with Gasteiger partial charge < -0.3 is 23.6 Å². The van der Waals surface area contributed by atoms with E-state index in [0.29, 0.717) is 38.3 Å². The first-order chi connectivity index (χ1) is 20.1. The van der Waals surface area contributed by atoms with Crippen molar-refractivity contribution in [3.63, 3.8) is 0 Å². The van der Waals surface area contributed by atoms with Crippen LogP contribution in [-0.4, -0.2) is 39.8 Å². The Kier molecular flexibility index (Phi) is 8.49. The van der Waals surface area contributed by atoms with Gasteiger partial charge in [-0.05, 0) is 61.4 Å². The molecule has 0 radical (unpaired) electrons. The third-order valence-electron chi connectivity index (χ3n) is 6.81. The topological polar surface area (TPSA) is 104 Å². The number of aromatic nitrogens is 2. The summed E-state index contributed by atoms with van der Waals surface area (Å²) < 4.78 is 19.1. The number of carboxylic acids is 1. The van der Waals surface area contributed by atoms with E-state index in [1.165, 1.54) is 0 Å². The lowest BCUT2D eigenvalue weighted by atomic mass is 9.93. The molecule has 0 saturated heterocycles. The molecule has 0 aliphatic heterocycles. The molecule has 42 heavy (non-hydrogen) atoms. The maximum absolute atomic E-state index is 11.6. The fourth-order valence-corrected chi connectivity index (χ4v) is 5.68. The molecule has 8 nitrogen and oxygen atoms in total. The number of hydrogen-bond donors (Lipinski definition) is 1. The fraction of sp³-hybridized carbons (Fsp3) is 0.303. The minimum Gasteiger partial charge on any atom is -0.494 e. The van der Waals surface area contributed by atoms with E-state index in [9.17, 15) is 14.7 Å². The van der Waals surface area contributed by atoms with E-state index >= 15 is 0 Å². The van der Waals surface area contributed by atoms with Crippen molar-refractivity contribution in [1.29, 1.82) is 0 Å². The molecule has 3 heterocycles. The normalized spacial score (nSPS) is 12.0. The minimum absolute atomic E-state index is 0.0248. The Morgan fingerprint density at radius 1 is 1.14 bits per heavy atom. The molecule has 9 heteroatoms. The molecule has 0 amide bonds. The van der Waals surface area contributed by atoms with Gasteiger partial charge in [0.05, 0.1) is 18.9 Å². The number of carbonyl (C=O) groups is 2. The highest BCUT2D eigenvalue weighted by molar-refractivity contribution is 7.13. The van der Waals surface area contributed by atoms with E-state index in [-0.39, 0.29) is 11.4 Å². The van der Waals surface area contributed by atoms with Crippen molar-refractivity contribution < 1.29 is 28.6 Å². The molecule has 0 atom stereocenters. The van der Waals surface area contributed by atoms with Crippen LogP contribution < -0.4 is 4.74 Å². The summed E-state index contributed by atoms with van der Waals surface area (Å²) in [6.45, 7) is 9.54. The minimum atomic E-state index is -1.02. The maximum atomic E-state index is 11.6. The van der Waals surface area contributed by atoms with Crippen molar-refractivity contribution in [2.24, 2.45) is 0 Å². The highest BCUT2D eigenvalue weighted by atomic mass is 32.1. The van der Waals surface area contributed by atoms with Gasteiger partial charge >= 0.3 is 11.9 Å². The maximum Gasteiger partial charge on any atom is 0.328 e. The summed E-state index contributed by atoms with van der Waals surface area (Å²) in [4.78, 5) is 27.6. The third kappa shape index (κ3) is 6.74. The average Bonchev–Trinajstić information content (AvgIpc) is 3.67. The van der Waals surface area contributed by atoms with Crippen molar-refractivity contribution in [2.45, 2.75) is 52.5 Å². The second kappa shape index (κ2) is 12.2. The Morgan fingerprint density at radius 2 is 1.98 bits per heavy atom. The molecule has 0 aliphatic rings. The van der Waals surface area contributed by atoms with Crippen LogP contribution in [0.5, 0.6) is 5.75 Å². The van der Waals surface area contributed by atoms with Crippen LogP contribution in [0, 0.1) is 0 Å². The molecule has 0 fully saturated rings. The number of nitrogens with zero attached hydrogens (tertiary/aromatic N) is 2. The first kappa shape index (κ1) is 29.1. The van der Waals surface area contributed by atoms with Gasteiger partial charge in [0.15, 0.2) is 10.8 Å². The smallest absolute Gasteiger partial charge is 0.328 e. The number of furan rings is 1. The van der Waals surface area contributed by atoms with Gasteiger partial charge in [0.2, 0.25) is 0 Å². The van der Waals surface area contributed by atoms with Gasteiger partial charge in [-0.15, -0.1) is 11.3 Å². The van der Waals surface area contributed by atoms with Gasteiger partial charge in [-0.3, -0.25) is 4.79 Å². The lowest BCUT2D eigenvalue weighted by Gasteiger charge is -2.13. The lowest BCUT2D eigenvalue weighted by Crippen LogP contribution is -2.11. The van der Waals surface area contributed by atoms with Gasteiger partial charge in [0.1, 0.15) is 11.3 Å². The second-order valence-electron chi connectivity index (χ2n) is 11.1. The van der Waals surface area contributed by atoms with Crippen molar-refractivity contribution in [1.82, 2.24) is 9.55 Å². The van der Waals surface area contributed by atoms with Crippen LogP contribution in [0.25, 0.3) is 38.7 Å². The number of hydrogen-bond acceptors (Lipinski definition) is 7. The van der Waals surface area contributed by atoms with Crippen molar-refractivity contribution >= 4 is 51.2 Å². The standard InChI is InChI=1S/C33H34N2O6S/c1-5-39-31(38)7-6-14-40-24-10-11-26-25(17-24)22(9-13-30(36)37)19-35(26)18-21-8-12-27-23(15-21)16-28(41-27)32-34-29(20-42-32)33(2,3)4/h8-13,15-17,19-20H,5-7,14,18H2,1-4H3,(H,36,37). The molecule has 218 valence electrons. The van der Waals surface area contributed by atoms with Gasteiger partial charge in [0.25, 0.3) is 0 Å². The SMILES string of the molecule is CCOC(=O)CCCOc1ccc2c(c1)c(C=CC(=O)O)cn2Cc1ccc2oc(-c3nc(C(C)(C)C)cs3)cc2c1. The van der Waals surface area contributed by atoms with Gasteiger partial charge in [-0.25, -0.2) is 9.78 Å². The molecule has 0 spiro atoms.